The van der Waals surface area contributed by atoms with Gasteiger partial charge in [0.05, 0.1) is 6.26 Å². The van der Waals surface area contributed by atoms with Gasteiger partial charge >= 0.3 is 7.12 Å². The zero-order valence-electron chi connectivity index (χ0n) is 9.31. The van der Waals surface area contributed by atoms with Crippen molar-refractivity contribution in [2.75, 3.05) is 0 Å². The molecule has 1 heterocycles. The average Bonchev–Trinajstić information content (AvgIpc) is 2.28. The van der Waals surface area contributed by atoms with Crippen LogP contribution >= 0.6 is 0 Å². The molecule has 0 fully saturated rings. The number of carbonyl (C=O) groups excluding carboxylic acids is 1. The summed E-state index contributed by atoms with van der Waals surface area (Å²) in [6.07, 6.45) is 3.22. The molecule has 3 nitrogen and oxygen atoms in total. The number of hydrogen-bond acceptors (Lipinski definition) is 3. The van der Waals surface area contributed by atoms with E-state index in [-0.39, 0.29) is 11.7 Å². The van der Waals surface area contributed by atoms with Crippen LogP contribution in [0.15, 0.2) is 24.5 Å². The van der Waals surface area contributed by atoms with Crippen LogP contribution in [0.5, 0.6) is 0 Å². The lowest BCUT2D eigenvalue weighted by atomic mass is 9.74. The van der Waals surface area contributed by atoms with E-state index in [0.717, 1.165) is 5.56 Å². The van der Waals surface area contributed by atoms with Gasteiger partial charge in [-0.05, 0) is 17.7 Å². The highest BCUT2D eigenvalue weighted by Gasteiger charge is 2.24. The van der Waals surface area contributed by atoms with Crippen molar-refractivity contribution in [3.8, 4) is 0 Å². The molecule has 2 rings (SSSR count). The summed E-state index contributed by atoms with van der Waals surface area (Å²) in [5.74, 6) is 0.0276. The summed E-state index contributed by atoms with van der Waals surface area (Å²) in [4.78, 5) is 11.8. The van der Waals surface area contributed by atoms with Crippen LogP contribution < -0.4 is 5.46 Å². The molecule has 0 unspecified atom stereocenters. The van der Waals surface area contributed by atoms with E-state index in [9.17, 15) is 9.82 Å². The van der Waals surface area contributed by atoms with Crippen LogP contribution in [-0.4, -0.2) is 17.9 Å². The number of fused-ring (bicyclic) bond motifs is 1. The molecule has 0 aliphatic carbocycles. The molecule has 82 valence electrons. The van der Waals surface area contributed by atoms with Gasteiger partial charge < -0.3 is 9.68 Å². The van der Waals surface area contributed by atoms with Crippen LogP contribution in [0.4, 0.5) is 0 Å². The molecule has 0 spiro atoms. The molecule has 1 aliphatic heterocycles. The third kappa shape index (κ3) is 1.88. The van der Waals surface area contributed by atoms with E-state index in [1.54, 1.807) is 18.2 Å². The highest BCUT2D eigenvalue weighted by molar-refractivity contribution is 6.61. The maximum absolute atomic E-state index is 11.8. The second-order valence-corrected chi connectivity index (χ2v) is 4.15. The number of carbonyl (C=O) groups is 1. The van der Waals surface area contributed by atoms with Gasteiger partial charge in [-0.1, -0.05) is 26.0 Å². The summed E-state index contributed by atoms with van der Waals surface area (Å²) in [5.41, 5.74) is 2.15. The Bertz CT molecular complexity index is 452. The van der Waals surface area contributed by atoms with E-state index in [0.29, 0.717) is 11.0 Å². The highest BCUT2D eigenvalue weighted by atomic mass is 16.5. The van der Waals surface area contributed by atoms with Crippen LogP contribution in [-0.2, 0) is 4.65 Å². The Morgan fingerprint density at radius 3 is 2.88 bits per heavy atom. The second-order valence-electron chi connectivity index (χ2n) is 4.15. The molecule has 1 aromatic rings. The van der Waals surface area contributed by atoms with Crippen LogP contribution in [0.2, 0.25) is 0 Å². The smallest absolute Gasteiger partial charge is 0.538 e. The zero-order valence-corrected chi connectivity index (χ0v) is 9.31. The first-order valence-corrected chi connectivity index (χ1v) is 5.28. The van der Waals surface area contributed by atoms with Gasteiger partial charge in [-0.2, -0.15) is 0 Å². The van der Waals surface area contributed by atoms with Crippen molar-refractivity contribution in [2.45, 2.75) is 13.8 Å². The van der Waals surface area contributed by atoms with Gasteiger partial charge in [0, 0.05) is 16.9 Å². The van der Waals surface area contributed by atoms with Gasteiger partial charge in [0.2, 0.25) is 0 Å². The molecule has 1 aliphatic rings. The molecule has 0 bridgehead atoms. The molecule has 0 amide bonds. The first-order valence-electron chi connectivity index (χ1n) is 5.28. The van der Waals surface area contributed by atoms with Crippen molar-refractivity contribution < 1.29 is 14.5 Å². The molecule has 0 atom stereocenters. The molecule has 16 heavy (non-hydrogen) atoms. The fourth-order valence-electron chi connectivity index (χ4n) is 1.69. The molecule has 1 N–H and O–H groups in total. The molecule has 0 aromatic heterocycles. The minimum absolute atomic E-state index is 0.0461. The summed E-state index contributed by atoms with van der Waals surface area (Å²) < 4.78 is 4.96. The normalized spacial score (nSPS) is 13.6. The fraction of sp³-hybridized carbons (Fsp3) is 0.250. The maximum atomic E-state index is 11.8. The summed E-state index contributed by atoms with van der Waals surface area (Å²) >= 11 is 0. The third-order valence-electron chi connectivity index (χ3n) is 2.62. The molecule has 0 radical (unpaired) electrons. The van der Waals surface area contributed by atoms with Gasteiger partial charge in [-0.25, -0.2) is 0 Å². The fourth-order valence-corrected chi connectivity index (χ4v) is 1.69. The second kappa shape index (κ2) is 4.14. The zero-order chi connectivity index (χ0) is 11.7. The quantitative estimate of drug-likeness (QED) is 0.597. The van der Waals surface area contributed by atoms with E-state index in [1.807, 2.05) is 19.9 Å². The lowest BCUT2D eigenvalue weighted by Gasteiger charge is -2.15. The highest BCUT2D eigenvalue weighted by Crippen LogP contribution is 2.13. The summed E-state index contributed by atoms with van der Waals surface area (Å²) in [7, 11) is -0.972. The van der Waals surface area contributed by atoms with Gasteiger partial charge in [0.1, 0.15) is 0 Å². The molecule has 0 saturated carbocycles. The first kappa shape index (κ1) is 11.0. The van der Waals surface area contributed by atoms with Crippen LogP contribution in [0.1, 0.15) is 29.8 Å². The number of Topliss-reactive ketones (excluding diaryl/α,β-unsaturated/α-hetero) is 1. The minimum atomic E-state index is -0.972. The molecule has 1 aromatic carbocycles. The predicted molar refractivity (Wildman–Crippen MR) is 63.3 cm³/mol. The van der Waals surface area contributed by atoms with Crippen molar-refractivity contribution in [3.63, 3.8) is 0 Å². The molecule has 4 heteroatoms. The van der Waals surface area contributed by atoms with Gasteiger partial charge in [-0.3, -0.25) is 4.79 Å². The Labute approximate surface area is 94.9 Å². The standard InChI is InChI=1S/C12H13BO3/c1-8(2)12(14)10-4-3-9-5-6-16-13(15)11(9)7-10/h3-8,15H,1-2H3. The summed E-state index contributed by atoms with van der Waals surface area (Å²) in [6.45, 7) is 3.71. The largest absolute Gasteiger partial charge is 0.560 e. The lowest BCUT2D eigenvalue weighted by molar-refractivity contribution is 0.0939. The number of rotatable bonds is 2. The van der Waals surface area contributed by atoms with Crippen molar-refractivity contribution >= 4 is 24.4 Å². The van der Waals surface area contributed by atoms with E-state index in [2.05, 4.69) is 0 Å². The van der Waals surface area contributed by atoms with Crippen molar-refractivity contribution in [3.05, 3.63) is 35.6 Å². The summed E-state index contributed by atoms with van der Waals surface area (Å²) in [5, 5.41) is 9.62. The van der Waals surface area contributed by atoms with Crippen LogP contribution in [0.25, 0.3) is 6.08 Å². The molecular weight excluding hydrogens is 203 g/mol. The maximum Gasteiger partial charge on any atom is 0.560 e. The molecular formula is C12H13BO3. The lowest BCUT2D eigenvalue weighted by Crippen LogP contribution is -2.36. The Kier molecular flexibility index (Phi) is 2.83. The van der Waals surface area contributed by atoms with Crippen LogP contribution in [0.3, 0.4) is 0 Å². The first-order chi connectivity index (χ1) is 7.59. The third-order valence-corrected chi connectivity index (χ3v) is 2.62. The predicted octanol–water partition coefficient (Wildman–Crippen LogP) is 1.21. The van der Waals surface area contributed by atoms with Gasteiger partial charge in [-0.15, -0.1) is 0 Å². The van der Waals surface area contributed by atoms with Crippen LogP contribution in [0, 0.1) is 5.92 Å². The number of hydrogen-bond donors (Lipinski definition) is 1. The van der Waals surface area contributed by atoms with E-state index in [4.69, 9.17) is 4.65 Å². The number of benzene rings is 1. The van der Waals surface area contributed by atoms with Crippen molar-refractivity contribution in [2.24, 2.45) is 5.92 Å². The minimum Gasteiger partial charge on any atom is -0.538 e. The summed E-state index contributed by atoms with van der Waals surface area (Å²) in [6, 6.07) is 5.31. The van der Waals surface area contributed by atoms with Crippen molar-refractivity contribution in [1.82, 2.24) is 0 Å². The topological polar surface area (TPSA) is 46.5 Å². The van der Waals surface area contributed by atoms with E-state index < -0.39 is 7.12 Å². The molecule has 0 saturated heterocycles. The Balaban J connectivity index is 2.42. The number of ketones is 1. The van der Waals surface area contributed by atoms with E-state index >= 15 is 0 Å². The van der Waals surface area contributed by atoms with Gasteiger partial charge in [0.15, 0.2) is 5.78 Å². The SMILES string of the molecule is CC(C)C(=O)c1ccc2c(c1)B(O)OC=C2. The Morgan fingerprint density at radius 1 is 1.44 bits per heavy atom. The van der Waals surface area contributed by atoms with Gasteiger partial charge in [0.25, 0.3) is 0 Å². The monoisotopic (exact) mass is 216 g/mol. The average molecular weight is 216 g/mol. The van der Waals surface area contributed by atoms with E-state index in [1.165, 1.54) is 6.26 Å². The Hall–Kier alpha value is -1.55. The Morgan fingerprint density at radius 2 is 2.19 bits per heavy atom. The van der Waals surface area contributed by atoms with Crippen molar-refractivity contribution in [1.29, 1.82) is 0 Å².